The summed E-state index contributed by atoms with van der Waals surface area (Å²) >= 11 is 0. The highest BCUT2D eigenvalue weighted by Crippen LogP contribution is 2.20. The number of aromatic nitrogens is 2. The lowest BCUT2D eigenvalue weighted by Crippen LogP contribution is -2.33. The number of nitrogens with one attached hydrogen (secondary N) is 1. The number of nitrogens with zero attached hydrogens (tertiary/aromatic N) is 2. The summed E-state index contributed by atoms with van der Waals surface area (Å²) < 4.78 is 1.88. The van der Waals surface area contributed by atoms with Crippen LogP contribution in [0.4, 0.5) is 0 Å². The first-order valence-electron chi connectivity index (χ1n) is 5.74. The van der Waals surface area contributed by atoms with E-state index in [1.807, 2.05) is 11.6 Å². The van der Waals surface area contributed by atoms with Gasteiger partial charge >= 0.3 is 5.97 Å². The van der Waals surface area contributed by atoms with Gasteiger partial charge in [0.2, 0.25) is 0 Å². The smallest absolute Gasteiger partial charge is 0.339 e. The predicted molar refractivity (Wildman–Crippen MR) is 59.7 cm³/mol. The SMILES string of the molecule is CCc1c(C(=O)O)cnn1C1CCCNC1. The van der Waals surface area contributed by atoms with Crippen LogP contribution in [-0.2, 0) is 6.42 Å². The first kappa shape index (κ1) is 11.1. The van der Waals surface area contributed by atoms with Crippen molar-refractivity contribution in [3.05, 3.63) is 17.5 Å². The van der Waals surface area contributed by atoms with Crippen LogP contribution in [0.25, 0.3) is 0 Å². The number of carboxylic acids is 1. The summed E-state index contributed by atoms with van der Waals surface area (Å²) in [7, 11) is 0. The predicted octanol–water partition coefficient (Wildman–Crippen LogP) is 1.07. The van der Waals surface area contributed by atoms with E-state index < -0.39 is 5.97 Å². The summed E-state index contributed by atoms with van der Waals surface area (Å²) in [6, 6.07) is 0.303. The van der Waals surface area contributed by atoms with Gasteiger partial charge in [0.05, 0.1) is 17.9 Å². The van der Waals surface area contributed by atoms with E-state index in [2.05, 4.69) is 10.4 Å². The number of carboxylic acid groups (broad SMARTS) is 1. The maximum Gasteiger partial charge on any atom is 0.339 e. The standard InChI is InChI=1S/C11H17N3O2/c1-2-10-9(11(15)16)7-13-14(10)8-4-3-5-12-6-8/h7-8,12H,2-6H2,1H3,(H,15,16). The molecule has 2 heterocycles. The van der Waals surface area contributed by atoms with Crippen molar-refractivity contribution < 1.29 is 9.90 Å². The Morgan fingerprint density at radius 3 is 3.12 bits per heavy atom. The lowest BCUT2D eigenvalue weighted by molar-refractivity contribution is 0.0695. The molecule has 5 heteroatoms. The Morgan fingerprint density at radius 1 is 1.75 bits per heavy atom. The minimum Gasteiger partial charge on any atom is -0.478 e. The second-order valence-electron chi connectivity index (χ2n) is 4.11. The molecule has 1 aliphatic heterocycles. The van der Waals surface area contributed by atoms with Crippen LogP contribution in [-0.4, -0.2) is 33.9 Å². The molecule has 1 atom stereocenters. The molecule has 0 aromatic carbocycles. The highest BCUT2D eigenvalue weighted by Gasteiger charge is 2.22. The van der Waals surface area contributed by atoms with Gasteiger partial charge in [0.15, 0.2) is 0 Å². The van der Waals surface area contributed by atoms with E-state index >= 15 is 0 Å². The molecule has 88 valence electrons. The van der Waals surface area contributed by atoms with Crippen molar-refractivity contribution in [2.45, 2.75) is 32.2 Å². The number of aromatic carboxylic acids is 1. The number of hydrogen-bond acceptors (Lipinski definition) is 3. The summed E-state index contributed by atoms with van der Waals surface area (Å²) in [4.78, 5) is 11.0. The third-order valence-corrected chi connectivity index (χ3v) is 3.08. The van der Waals surface area contributed by atoms with Crippen molar-refractivity contribution in [1.29, 1.82) is 0 Å². The fourth-order valence-electron chi connectivity index (χ4n) is 2.28. The number of rotatable bonds is 3. The Kier molecular flexibility index (Phi) is 3.24. The van der Waals surface area contributed by atoms with Gasteiger partial charge in [0.1, 0.15) is 5.56 Å². The Hall–Kier alpha value is -1.36. The average Bonchev–Trinajstić information content (AvgIpc) is 2.73. The second-order valence-corrected chi connectivity index (χ2v) is 4.11. The van der Waals surface area contributed by atoms with Gasteiger partial charge in [-0.15, -0.1) is 0 Å². The number of hydrogen-bond donors (Lipinski definition) is 2. The van der Waals surface area contributed by atoms with E-state index in [1.54, 1.807) is 0 Å². The second kappa shape index (κ2) is 4.65. The molecule has 0 radical (unpaired) electrons. The largest absolute Gasteiger partial charge is 0.478 e. The molecule has 0 amide bonds. The molecule has 1 aromatic rings. The Morgan fingerprint density at radius 2 is 2.56 bits per heavy atom. The summed E-state index contributed by atoms with van der Waals surface area (Å²) in [6.45, 7) is 3.90. The molecule has 1 fully saturated rings. The fraction of sp³-hybridized carbons (Fsp3) is 0.636. The molecular formula is C11H17N3O2. The number of carbonyl (C=O) groups is 1. The fourth-order valence-corrected chi connectivity index (χ4v) is 2.28. The van der Waals surface area contributed by atoms with Crippen LogP contribution in [0.3, 0.4) is 0 Å². The van der Waals surface area contributed by atoms with Crippen LogP contribution >= 0.6 is 0 Å². The van der Waals surface area contributed by atoms with E-state index in [9.17, 15) is 4.79 Å². The molecule has 16 heavy (non-hydrogen) atoms. The van der Waals surface area contributed by atoms with Crippen LogP contribution in [0.15, 0.2) is 6.20 Å². The molecule has 0 saturated carbocycles. The molecule has 1 aliphatic rings. The van der Waals surface area contributed by atoms with E-state index in [1.165, 1.54) is 6.20 Å². The Balaban J connectivity index is 2.29. The van der Waals surface area contributed by atoms with Crippen LogP contribution in [0, 0.1) is 0 Å². The van der Waals surface area contributed by atoms with Gasteiger partial charge in [-0.25, -0.2) is 4.79 Å². The molecule has 2 rings (SSSR count). The minimum atomic E-state index is -0.883. The maximum absolute atomic E-state index is 11.0. The molecule has 0 bridgehead atoms. The monoisotopic (exact) mass is 223 g/mol. The molecule has 2 N–H and O–H groups in total. The molecule has 0 aliphatic carbocycles. The van der Waals surface area contributed by atoms with Gasteiger partial charge in [-0.1, -0.05) is 6.92 Å². The third kappa shape index (κ3) is 1.95. The van der Waals surface area contributed by atoms with E-state index in [4.69, 9.17) is 5.11 Å². The van der Waals surface area contributed by atoms with Crippen molar-refractivity contribution in [3.8, 4) is 0 Å². The first-order valence-corrected chi connectivity index (χ1v) is 5.74. The van der Waals surface area contributed by atoms with Gasteiger partial charge in [-0.3, -0.25) is 4.68 Å². The molecular weight excluding hydrogens is 206 g/mol. The number of piperidine rings is 1. The van der Waals surface area contributed by atoms with Gasteiger partial charge in [-0.05, 0) is 25.8 Å². The first-order chi connectivity index (χ1) is 7.74. The Bertz CT molecular complexity index is 381. The molecule has 1 saturated heterocycles. The van der Waals surface area contributed by atoms with Crippen molar-refractivity contribution in [2.75, 3.05) is 13.1 Å². The van der Waals surface area contributed by atoms with Gasteiger partial charge in [0.25, 0.3) is 0 Å². The quantitative estimate of drug-likeness (QED) is 0.804. The van der Waals surface area contributed by atoms with Crippen molar-refractivity contribution >= 4 is 5.97 Å². The highest BCUT2D eigenvalue weighted by molar-refractivity contribution is 5.88. The summed E-state index contributed by atoms with van der Waals surface area (Å²) in [5.41, 5.74) is 1.18. The lowest BCUT2D eigenvalue weighted by atomic mass is 10.1. The van der Waals surface area contributed by atoms with Crippen LogP contribution in [0.1, 0.15) is 41.9 Å². The zero-order valence-corrected chi connectivity index (χ0v) is 9.44. The van der Waals surface area contributed by atoms with Crippen molar-refractivity contribution in [1.82, 2.24) is 15.1 Å². The van der Waals surface area contributed by atoms with E-state index in [0.717, 1.165) is 31.6 Å². The minimum absolute atomic E-state index is 0.303. The summed E-state index contributed by atoms with van der Waals surface area (Å²) in [5, 5.41) is 16.6. The zero-order chi connectivity index (χ0) is 11.5. The average molecular weight is 223 g/mol. The van der Waals surface area contributed by atoms with Crippen LogP contribution < -0.4 is 5.32 Å². The Labute approximate surface area is 94.5 Å². The normalized spacial score (nSPS) is 20.9. The lowest BCUT2D eigenvalue weighted by Gasteiger charge is -2.24. The van der Waals surface area contributed by atoms with Crippen LogP contribution in [0.2, 0.25) is 0 Å². The molecule has 5 nitrogen and oxygen atoms in total. The van der Waals surface area contributed by atoms with E-state index in [-0.39, 0.29) is 0 Å². The molecule has 0 spiro atoms. The van der Waals surface area contributed by atoms with Gasteiger partial charge in [0, 0.05) is 6.54 Å². The van der Waals surface area contributed by atoms with Gasteiger partial charge in [-0.2, -0.15) is 5.10 Å². The van der Waals surface area contributed by atoms with Crippen molar-refractivity contribution in [3.63, 3.8) is 0 Å². The summed E-state index contributed by atoms with van der Waals surface area (Å²) in [6.07, 6.45) is 4.37. The molecule has 1 unspecified atom stereocenters. The third-order valence-electron chi connectivity index (χ3n) is 3.08. The van der Waals surface area contributed by atoms with E-state index in [0.29, 0.717) is 18.0 Å². The zero-order valence-electron chi connectivity index (χ0n) is 9.44. The molecule has 1 aromatic heterocycles. The van der Waals surface area contributed by atoms with Crippen molar-refractivity contribution in [2.24, 2.45) is 0 Å². The maximum atomic E-state index is 11.0. The van der Waals surface area contributed by atoms with Gasteiger partial charge < -0.3 is 10.4 Å². The summed E-state index contributed by atoms with van der Waals surface area (Å²) in [5.74, 6) is -0.883. The van der Waals surface area contributed by atoms with Crippen LogP contribution in [0.5, 0.6) is 0 Å². The topological polar surface area (TPSA) is 67.1 Å². The highest BCUT2D eigenvalue weighted by atomic mass is 16.4.